The molecule has 4 aromatic rings. The maximum atomic E-state index is 13.9. The molecule has 202 valence electrons. The van der Waals surface area contributed by atoms with Crippen molar-refractivity contribution < 1.29 is 14.3 Å². The van der Waals surface area contributed by atoms with E-state index < -0.39 is 5.97 Å². The van der Waals surface area contributed by atoms with Crippen molar-refractivity contribution in [2.45, 2.75) is 44.9 Å². The number of thiophene rings is 1. The van der Waals surface area contributed by atoms with Gasteiger partial charge >= 0.3 is 5.97 Å². The average Bonchev–Trinajstić information content (AvgIpc) is 3.31. The third-order valence-electron chi connectivity index (χ3n) is 6.63. The Labute approximate surface area is 235 Å². The van der Waals surface area contributed by atoms with Crippen LogP contribution in [0.5, 0.6) is 0 Å². The van der Waals surface area contributed by atoms with Gasteiger partial charge in [0.1, 0.15) is 4.83 Å². The van der Waals surface area contributed by atoms with Crippen LogP contribution in [0.25, 0.3) is 15.9 Å². The molecule has 0 atom stereocenters. The summed E-state index contributed by atoms with van der Waals surface area (Å²) in [5, 5.41) is 4.02. The second-order valence-corrected chi connectivity index (χ2v) is 11.5. The van der Waals surface area contributed by atoms with Crippen molar-refractivity contribution in [2.75, 3.05) is 24.2 Å². The minimum Gasteiger partial charge on any atom is -0.462 e. The van der Waals surface area contributed by atoms with E-state index in [-0.39, 0.29) is 17.2 Å². The number of hydrogen-bond donors (Lipinski definition) is 1. The molecule has 0 unspecified atom stereocenters. The van der Waals surface area contributed by atoms with Gasteiger partial charge in [-0.05, 0) is 69.2 Å². The molecule has 0 bridgehead atoms. The number of carbonyl (C=O) groups is 2. The Morgan fingerprint density at radius 2 is 1.87 bits per heavy atom. The third-order valence-corrected chi connectivity index (χ3v) is 8.68. The van der Waals surface area contributed by atoms with Crippen LogP contribution in [-0.4, -0.2) is 51.3 Å². The smallest absolute Gasteiger partial charge is 0.338 e. The van der Waals surface area contributed by atoms with Gasteiger partial charge in [0.25, 0.3) is 5.56 Å². The molecule has 0 saturated heterocycles. The van der Waals surface area contributed by atoms with Crippen LogP contribution in [-0.2, 0) is 22.5 Å². The molecule has 1 aliphatic heterocycles. The number of hydrogen-bond acceptors (Lipinski definition) is 8. The molecule has 10 heteroatoms. The topological polar surface area (TPSA) is 93.5 Å². The van der Waals surface area contributed by atoms with Gasteiger partial charge in [-0.2, -0.15) is 0 Å². The predicted octanol–water partition coefficient (Wildman–Crippen LogP) is 5.12. The van der Waals surface area contributed by atoms with Crippen molar-refractivity contribution >= 4 is 50.9 Å². The van der Waals surface area contributed by atoms with Crippen LogP contribution in [0.4, 0.5) is 5.69 Å². The molecule has 1 aliphatic rings. The van der Waals surface area contributed by atoms with Crippen LogP contribution in [0.2, 0.25) is 0 Å². The van der Waals surface area contributed by atoms with Crippen LogP contribution in [0.1, 0.15) is 41.6 Å². The minimum absolute atomic E-state index is 0.0661. The SMILES string of the molecule is CCOC(=O)c1ccc(NC(=O)CSc2nc3sc4c(c3c(=O)n2-c2ccccc2)CCN(C(C)C)C4)cc1. The summed E-state index contributed by atoms with van der Waals surface area (Å²) in [6.45, 7) is 8.16. The van der Waals surface area contributed by atoms with Crippen LogP contribution >= 0.6 is 23.1 Å². The number of esters is 1. The van der Waals surface area contributed by atoms with Gasteiger partial charge in [-0.1, -0.05) is 30.0 Å². The maximum Gasteiger partial charge on any atom is 0.338 e. The fraction of sp³-hybridized carbons (Fsp3) is 0.310. The molecule has 8 nitrogen and oxygen atoms in total. The zero-order valence-electron chi connectivity index (χ0n) is 22.1. The van der Waals surface area contributed by atoms with Crippen molar-refractivity contribution in [3.8, 4) is 5.69 Å². The number of nitrogens with zero attached hydrogens (tertiary/aromatic N) is 3. The number of benzene rings is 2. The lowest BCUT2D eigenvalue weighted by Crippen LogP contribution is -2.35. The highest BCUT2D eigenvalue weighted by atomic mass is 32.2. The number of thioether (sulfide) groups is 1. The van der Waals surface area contributed by atoms with E-state index in [1.165, 1.54) is 16.6 Å². The van der Waals surface area contributed by atoms with E-state index in [0.717, 1.165) is 29.9 Å². The highest BCUT2D eigenvalue weighted by Gasteiger charge is 2.26. The van der Waals surface area contributed by atoms with E-state index in [9.17, 15) is 14.4 Å². The molecular weight excluding hydrogens is 532 g/mol. The molecule has 3 heterocycles. The first kappa shape index (κ1) is 27.1. The lowest BCUT2D eigenvalue weighted by Gasteiger charge is -2.30. The standard InChI is InChI=1S/C29H30N4O4S2/c1-4-37-28(36)19-10-12-20(13-11-19)30-24(34)17-38-29-31-26-25(27(35)33(29)21-8-6-5-7-9-21)22-14-15-32(18(2)3)16-23(22)39-26/h5-13,18H,4,14-17H2,1-3H3,(H,30,34). The Bertz CT molecular complexity index is 1560. The van der Waals surface area contributed by atoms with Gasteiger partial charge in [-0.3, -0.25) is 19.1 Å². The Balaban J connectivity index is 1.41. The van der Waals surface area contributed by atoms with Crippen molar-refractivity contribution in [1.82, 2.24) is 14.5 Å². The molecule has 2 aromatic carbocycles. The second kappa shape index (κ2) is 11.7. The molecule has 0 aliphatic carbocycles. The number of ether oxygens (including phenoxy) is 1. The lowest BCUT2D eigenvalue weighted by molar-refractivity contribution is -0.113. The number of aromatic nitrogens is 2. The average molecular weight is 563 g/mol. The van der Waals surface area contributed by atoms with Crippen LogP contribution in [0.3, 0.4) is 0 Å². The summed E-state index contributed by atoms with van der Waals surface area (Å²) in [7, 11) is 0. The number of carbonyl (C=O) groups excluding carboxylic acids is 2. The van der Waals surface area contributed by atoms with Crippen LogP contribution < -0.4 is 10.9 Å². The first-order valence-corrected chi connectivity index (χ1v) is 14.7. The van der Waals surface area contributed by atoms with E-state index in [0.29, 0.717) is 40.1 Å². The zero-order valence-corrected chi connectivity index (χ0v) is 23.7. The van der Waals surface area contributed by atoms with Crippen molar-refractivity contribution in [3.05, 3.63) is 81.0 Å². The summed E-state index contributed by atoms with van der Waals surface area (Å²) in [5.74, 6) is -0.578. The molecule has 0 saturated carbocycles. The van der Waals surface area contributed by atoms with Gasteiger partial charge in [0, 0.05) is 29.7 Å². The number of para-hydroxylation sites is 1. The van der Waals surface area contributed by atoms with E-state index >= 15 is 0 Å². The van der Waals surface area contributed by atoms with Gasteiger partial charge in [-0.25, -0.2) is 9.78 Å². The van der Waals surface area contributed by atoms with E-state index in [4.69, 9.17) is 9.72 Å². The Hall–Kier alpha value is -3.47. The van der Waals surface area contributed by atoms with E-state index in [2.05, 4.69) is 24.1 Å². The third kappa shape index (κ3) is 5.78. The Morgan fingerprint density at radius 1 is 1.13 bits per heavy atom. The summed E-state index contributed by atoms with van der Waals surface area (Å²) >= 11 is 2.81. The number of anilines is 1. The monoisotopic (exact) mass is 562 g/mol. The normalized spacial score (nSPS) is 13.4. The largest absolute Gasteiger partial charge is 0.462 e. The molecule has 2 aromatic heterocycles. The van der Waals surface area contributed by atoms with Crippen LogP contribution in [0.15, 0.2) is 64.5 Å². The van der Waals surface area contributed by atoms with Crippen LogP contribution in [0, 0.1) is 0 Å². The van der Waals surface area contributed by atoms with Gasteiger partial charge < -0.3 is 10.1 Å². The number of nitrogens with one attached hydrogen (secondary N) is 1. The number of fused-ring (bicyclic) bond motifs is 3. The molecule has 1 N–H and O–H groups in total. The minimum atomic E-state index is -0.404. The van der Waals surface area contributed by atoms with Crippen molar-refractivity contribution in [3.63, 3.8) is 0 Å². The van der Waals surface area contributed by atoms with Gasteiger partial charge in [0.15, 0.2) is 5.16 Å². The van der Waals surface area contributed by atoms with Gasteiger partial charge in [0.2, 0.25) is 5.91 Å². The zero-order chi connectivity index (χ0) is 27.5. The first-order chi connectivity index (χ1) is 18.9. The fourth-order valence-corrected chi connectivity index (χ4v) is 6.72. The summed E-state index contributed by atoms with van der Waals surface area (Å²) < 4.78 is 6.62. The summed E-state index contributed by atoms with van der Waals surface area (Å²) in [5.41, 5.74) is 2.71. The maximum absolute atomic E-state index is 13.9. The Kier molecular flexibility index (Phi) is 8.15. The Morgan fingerprint density at radius 3 is 2.56 bits per heavy atom. The van der Waals surface area contributed by atoms with Crippen molar-refractivity contribution in [2.24, 2.45) is 0 Å². The lowest BCUT2D eigenvalue weighted by atomic mass is 10.0. The van der Waals surface area contributed by atoms with E-state index in [1.807, 2.05) is 30.3 Å². The second-order valence-electron chi connectivity index (χ2n) is 9.50. The molecule has 1 amide bonds. The quantitative estimate of drug-likeness (QED) is 0.181. The molecule has 0 radical (unpaired) electrons. The van der Waals surface area contributed by atoms with Gasteiger partial charge in [-0.15, -0.1) is 11.3 Å². The summed E-state index contributed by atoms with van der Waals surface area (Å²) in [4.78, 5) is 47.9. The summed E-state index contributed by atoms with van der Waals surface area (Å²) in [6, 6.07) is 16.4. The summed E-state index contributed by atoms with van der Waals surface area (Å²) in [6.07, 6.45) is 0.822. The fourth-order valence-electron chi connectivity index (χ4n) is 4.62. The number of rotatable bonds is 8. The van der Waals surface area contributed by atoms with Crippen molar-refractivity contribution in [1.29, 1.82) is 0 Å². The van der Waals surface area contributed by atoms with Gasteiger partial charge in [0.05, 0.1) is 29.0 Å². The molecular formula is C29H30N4O4S2. The van der Waals surface area contributed by atoms with E-state index in [1.54, 1.807) is 47.1 Å². The highest BCUT2D eigenvalue weighted by molar-refractivity contribution is 7.99. The molecule has 39 heavy (non-hydrogen) atoms. The molecule has 5 rings (SSSR count). The predicted molar refractivity (Wildman–Crippen MR) is 156 cm³/mol. The molecule has 0 fully saturated rings. The first-order valence-electron chi connectivity index (χ1n) is 12.9. The highest BCUT2D eigenvalue weighted by Crippen LogP contribution is 2.34. The molecule has 0 spiro atoms. The number of amides is 1.